The van der Waals surface area contributed by atoms with Gasteiger partial charge in [-0.05, 0) is 49.9 Å². The van der Waals surface area contributed by atoms with Crippen LogP contribution in [0.25, 0.3) is 0 Å². The molecule has 1 aromatic carbocycles. The van der Waals surface area contributed by atoms with Crippen molar-refractivity contribution < 1.29 is 4.39 Å². The molecule has 0 saturated heterocycles. The van der Waals surface area contributed by atoms with E-state index in [1.165, 1.54) is 30.9 Å². The zero-order chi connectivity index (χ0) is 12.8. The number of nitrogens with two attached hydrogens (primary N) is 1. The molecule has 0 aromatic heterocycles. The summed E-state index contributed by atoms with van der Waals surface area (Å²) in [4.78, 5) is 0. The van der Waals surface area contributed by atoms with Crippen molar-refractivity contribution in [3.8, 4) is 0 Å². The van der Waals surface area contributed by atoms with Gasteiger partial charge in [0, 0.05) is 12.6 Å². The summed E-state index contributed by atoms with van der Waals surface area (Å²) in [6.07, 6.45) is 7.15. The van der Waals surface area contributed by atoms with E-state index in [1.54, 1.807) is 12.1 Å². The standard InChI is InChI=1S/C15H21FN2/c16-14-7-3-6-13(10-14)15(11-17)18-9-8-12-4-1-2-5-12/h3-4,6-7,10,15,18H,1-2,5,8-9,11,17H2. The molecule has 98 valence electrons. The van der Waals surface area contributed by atoms with Gasteiger partial charge >= 0.3 is 0 Å². The number of rotatable bonds is 6. The van der Waals surface area contributed by atoms with Crippen molar-refractivity contribution in [1.82, 2.24) is 5.32 Å². The Morgan fingerprint density at radius 2 is 2.28 bits per heavy atom. The minimum Gasteiger partial charge on any atom is -0.329 e. The Morgan fingerprint density at radius 3 is 2.94 bits per heavy atom. The number of nitrogens with one attached hydrogen (secondary N) is 1. The summed E-state index contributed by atoms with van der Waals surface area (Å²) in [6.45, 7) is 1.40. The van der Waals surface area contributed by atoms with Crippen LogP contribution in [0.3, 0.4) is 0 Å². The smallest absolute Gasteiger partial charge is 0.123 e. The summed E-state index contributed by atoms with van der Waals surface area (Å²) in [6, 6.07) is 6.71. The Morgan fingerprint density at radius 1 is 1.39 bits per heavy atom. The highest BCUT2D eigenvalue weighted by molar-refractivity contribution is 5.20. The number of benzene rings is 1. The predicted octanol–water partition coefficient (Wildman–Crippen LogP) is 2.92. The first-order valence-corrected chi connectivity index (χ1v) is 6.66. The summed E-state index contributed by atoms with van der Waals surface area (Å²) in [5.41, 5.74) is 8.22. The fraction of sp³-hybridized carbons (Fsp3) is 0.467. The van der Waals surface area contributed by atoms with Gasteiger partial charge in [-0.15, -0.1) is 0 Å². The van der Waals surface area contributed by atoms with E-state index in [2.05, 4.69) is 11.4 Å². The van der Waals surface area contributed by atoms with Crippen LogP contribution in [0.4, 0.5) is 4.39 Å². The molecule has 0 radical (unpaired) electrons. The van der Waals surface area contributed by atoms with E-state index in [9.17, 15) is 4.39 Å². The lowest BCUT2D eigenvalue weighted by molar-refractivity contribution is 0.536. The van der Waals surface area contributed by atoms with Crippen LogP contribution in [0.15, 0.2) is 35.9 Å². The molecule has 0 spiro atoms. The quantitative estimate of drug-likeness (QED) is 0.760. The van der Waals surface area contributed by atoms with E-state index in [1.807, 2.05) is 6.07 Å². The highest BCUT2D eigenvalue weighted by Crippen LogP contribution is 2.20. The van der Waals surface area contributed by atoms with Gasteiger partial charge in [0.2, 0.25) is 0 Å². The molecule has 1 atom stereocenters. The second-order valence-electron chi connectivity index (χ2n) is 4.80. The van der Waals surface area contributed by atoms with Crippen LogP contribution in [-0.2, 0) is 0 Å². The largest absolute Gasteiger partial charge is 0.329 e. The van der Waals surface area contributed by atoms with Gasteiger partial charge in [-0.1, -0.05) is 23.8 Å². The Kier molecular flexibility index (Phi) is 4.90. The average molecular weight is 248 g/mol. The van der Waals surface area contributed by atoms with E-state index in [0.717, 1.165) is 18.5 Å². The Balaban J connectivity index is 1.85. The molecular formula is C15H21FN2. The van der Waals surface area contributed by atoms with Crippen LogP contribution in [0.2, 0.25) is 0 Å². The first kappa shape index (κ1) is 13.2. The molecule has 0 heterocycles. The summed E-state index contributed by atoms with van der Waals surface area (Å²) in [7, 11) is 0. The van der Waals surface area contributed by atoms with Crippen LogP contribution < -0.4 is 11.1 Å². The maximum absolute atomic E-state index is 13.2. The molecule has 2 rings (SSSR count). The molecule has 18 heavy (non-hydrogen) atoms. The molecule has 1 aliphatic rings. The SMILES string of the molecule is NCC(NCCC1=CCCC1)c1cccc(F)c1. The van der Waals surface area contributed by atoms with Gasteiger partial charge in [-0.2, -0.15) is 0 Å². The zero-order valence-electron chi connectivity index (χ0n) is 10.7. The second-order valence-corrected chi connectivity index (χ2v) is 4.80. The Labute approximate surface area is 108 Å². The minimum absolute atomic E-state index is 0.0442. The number of hydrogen-bond acceptors (Lipinski definition) is 2. The molecule has 3 heteroatoms. The third-order valence-electron chi connectivity index (χ3n) is 3.46. The summed E-state index contributed by atoms with van der Waals surface area (Å²) >= 11 is 0. The predicted molar refractivity (Wildman–Crippen MR) is 72.7 cm³/mol. The topological polar surface area (TPSA) is 38.0 Å². The fourth-order valence-corrected chi connectivity index (χ4v) is 2.43. The number of allylic oxidation sites excluding steroid dienone is 1. The van der Waals surface area contributed by atoms with E-state index >= 15 is 0 Å². The molecule has 1 aromatic rings. The zero-order valence-corrected chi connectivity index (χ0v) is 10.7. The van der Waals surface area contributed by atoms with Crippen LogP contribution in [0.5, 0.6) is 0 Å². The van der Waals surface area contributed by atoms with Crippen molar-refractivity contribution in [2.45, 2.75) is 31.7 Å². The van der Waals surface area contributed by atoms with Gasteiger partial charge < -0.3 is 11.1 Å². The first-order valence-electron chi connectivity index (χ1n) is 6.66. The number of hydrogen-bond donors (Lipinski definition) is 2. The maximum Gasteiger partial charge on any atom is 0.123 e. The van der Waals surface area contributed by atoms with Crippen molar-refractivity contribution in [1.29, 1.82) is 0 Å². The average Bonchev–Trinajstić information content (AvgIpc) is 2.88. The monoisotopic (exact) mass is 248 g/mol. The Hall–Kier alpha value is -1.19. The lowest BCUT2D eigenvalue weighted by Gasteiger charge is -2.17. The van der Waals surface area contributed by atoms with E-state index in [0.29, 0.717) is 6.54 Å². The van der Waals surface area contributed by atoms with Gasteiger partial charge in [0.1, 0.15) is 5.82 Å². The molecule has 0 amide bonds. The summed E-state index contributed by atoms with van der Waals surface area (Å²) in [5, 5.41) is 3.41. The van der Waals surface area contributed by atoms with E-state index < -0.39 is 0 Å². The minimum atomic E-state index is -0.203. The van der Waals surface area contributed by atoms with Crippen LogP contribution in [-0.4, -0.2) is 13.1 Å². The van der Waals surface area contributed by atoms with Gasteiger partial charge in [0.25, 0.3) is 0 Å². The molecule has 0 bridgehead atoms. The first-order chi connectivity index (χ1) is 8.79. The highest BCUT2D eigenvalue weighted by atomic mass is 19.1. The van der Waals surface area contributed by atoms with Crippen molar-refractivity contribution in [3.05, 3.63) is 47.3 Å². The summed E-state index contributed by atoms with van der Waals surface area (Å²) in [5.74, 6) is -0.203. The summed E-state index contributed by atoms with van der Waals surface area (Å²) < 4.78 is 13.2. The van der Waals surface area contributed by atoms with E-state index in [4.69, 9.17) is 5.73 Å². The molecular weight excluding hydrogens is 227 g/mol. The number of halogens is 1. The Bertz CT molecular complexity index is 415. The van der Waals surface area contributed by atoms with E-state index in [-0.39, 0.29) is 11.9 Å². The highest BCUT2D eigenvalue weighted by Gasteiger charge is 2.10. The molecule has 1 aliphatic carbocycles. The third kappa shape index (κ3) is 3.65. The molecule has 0 saturated carbocycles. The third-order valence-corrected chi connectivity index (χ3v) is 3.46. The van der Waals surface area contributed by atoms with Crippen LogP contribution >= 0.6 is 0 Å². The van der Waals surface area contributed by atoms with Crippen molar-refractivity contribution in [3.63, 3.8) is 0 Å². The lowest BCUT2D eigenvalue weighted by atomic mass is 10.1. The molecule has 1 unspecified atom stereocenters. The van der Waals surface area contributed by atoms with Gasteiger partial charge in [0.05, 0.1) is 0 Å². The van der Waals surface area contributed by atoms with Gasteiger partial charge in [0.15, 0.2) is 0 Å². The maximum atomic E-state index is 13.2. The van der Waals surface area contributed by atoms with Crippen molar-refractivity contribution >= 4 is 0 Å². The molecule has 0 aliphatic heterocycles. The van der Waals surface area contributed by atoms with Crippen molar-refractivity contribution in [2.75, 3.05) is 13.1 Å². The van der Waals surface area contributed by atoms with Crippen LogP contribution in [0.1, 0.15) is 37.3 Å². The van der Waals surface area contributed by atoms with Crippen molar-refractivity contribution in [2.24, 2.45) is 5.73 Å². The molecule has 2 nitrogen and oxygen atoms in total. The van der Waals surface area contributed by atoms with Gasteiger partial charge in [-0.3, -0.25) is 0 Å². The fourth-order valence-electron chi connectivity index (χ4n) is 2.43. The lowest BCUT2D eigenvalue weighted by Crippen LogP contribution is -2.29. The van der Waals surface area contributed by atoms with Crippen LogP contribution in [0, 0.1) is 5.82 Å². The molecule has 0 fully saturated rings. The normalized spacial score (nSPS) is 16.7. The van der Waals surface area contributed by atoms with Gasteiger partial charge in [-0.25, -0.2) is 4.39 Å². The second kappa shape index (κ2) is 6.66. The molecule has 3 N–H and O–H groups in total.